The van der Waals surface area contributed by atoms with Crippen molar-refractivity contribution in [3.63, 3.8) is 0 Å². The molecule has 1 atom stereocenters. The molecule has 1 N–H and O–H groups in total. The second kappa shape index (κ2) is 7.38. The van der Waals surface area contributed by atoms with Gasteiger partial charge in [-0.1, -0.05) is 11.6 Å². The van der Waals surface area contributed by atoms with Crippen LogP contribution in [0.25, 0.3) is 0 Å². The molecule has 0 saturated carbocycles. The fourth-order valence-electron chi connectivity index (χ4n) is 3.11. The van der Waals surface area contributed by atoms with Gasteiger partial charge in [0.1, 0.15) is 11.4 Å². The molecule has 2 aliphatic rings. The Bertz CT molecular complexity index is 476. The zero-order valence-electron chi connectivity index (χ0n) is 12.4. The third kappa shape index (κ3) is 4.17. The van der Waals surface area contributed by atoms with Gasteiger partial charge >= 0.3 is 0 Å². The van der Waals surface area contributed by atoms with E-state index in [0.717, 1.165) is 43.4 Å². The van der Waals surface area contributed by atoms with E-state index in [9.17, 15) is 0 Å². The minimum absolute atomic E-state index is 0. The van der Waals surface area contributed by atoms with Crippen molar-refractivity contribution in [2.45, 2.75) is 31.9 Å². The number of halogens is 3. The van der Waals surface area contributed by atoms with E-state index in [0.29, 0.717) is 6.04 Å². The van der Waals surface area contributed by atoms with Crippen molar-refractivity contribution in [3.8, 4) is 5.75 Å². The van der Waals surface area contributed by atoms with Crippen molar-refractivity contribution in [3.05, 3.63) is 28.8 Å². The number of hydrogen-bond donors (Lipinski definition) is 1. The second-order valence-corrected chi connectivity index (χ2v) is 6.49. The number of ether oxygens (including phenoxy) is 1. The highest BCUT2D eigenvalue weighted by Crippen LogP contribution is 2.43. The third-order valence-electron chi connectivity index (χ3n) is 3.99. The minimum atomic E-state index is -0.115. The van der Waals surface area contributed by atoms with Crippen LogP contribution in [0.4, 0.5) is 0 Å². The first kappa shape index (κ1) is 18.9. The summed E-state index contributed by atoms with van der Waals surface area (Å²) in [5, 5.41) is 4.20. The third-order valence-corrected chi connectivity index (χ3v) is 4.23. The summed E-state index contributed by atoms with van der Waals surface area (Å²) in [6, 6.07) is 6.41. The van der Waals surface area contributed by atoms with Crippen molar-refractivity contribution in [2.24, 2.45) is 0 Å². The van der Waals surface area contributed by atoms with Crippen LogP contribution < -0.4 is 10.1 Å². The molecule has 0 spiro atoms. The number of hydrogen-bond acceptors (Lipinski definition) is 3. The van der Waals surface area contributed by atoms with Crippen molar-refractivity contribution < 1.29 is 4.74 Å². The van der Waals surface area contributed by atoms with Gasteiger partial charge in [0, 0.05) is 49.2 Å². The molecule has 0 radical (unpaired) electrons. The van der Waals surface area contributed by atoms with Crippen LogP contribution in [0.5, 0.6) is 5.75 Å². The Hall–Kier alpha value is -0.190. The second-order valence-electron chi connectivity index (χ2n) is 6.05. The SMILES string of the molecule is CC1(C)CC(N2CCNCC2)c2cc(Cl)ccc2O1.Cl.Cl. The highest BCUT2D eigenvalue weighted by Gasteiger charge is 2.37. The maximum Gasteiger partial charge on any atom is 0.125 e. The smallest absolute Gasteiger partial charge is 0.125 e. The standard InChI is InChI=1S/C15H21ClN2O.2ClH/c1-15(2)10-13(18-7-5-17-6-8-18)12-9-11(16)3-4-14(12)19-15;;/h3-4,9,13,17H,5-8,10H2,1-2H3;2*1H. The molecule has 1 unspecified atom stereocenters. The molecule has 120 valence electrons. The van der Waals surface area contributed by atoms with E-state index >= 15 is 0 Å². The summed E-state index contributed by atoms with van der Waals surface area (Å²) >= 11 is 6.17. The molecule has 0 bridgehead atoms. The lowest BCUT2D eigenvalue weighted by Gasteiger charge is -2.44. The van der Waals surface area contributed by atoms with Gasteiger partial charge in [-0.3, -0.25) is 4.90 Å². The van der Waals surface area contributed by atoms with E-state index in [2.05, 4.69) is 30.1 Å². The summed E-state index contributed by atoms with van der Waals surface area (Å²) in [5.74, 6) is 0.990. The molecule has 1 aromatic rings. The van der Waals surface area contributed by atoms with Gasteiger partial charge in [0.05, 0.1) is 0 Å². The fourth-order valence-corrected chi connectivity index (χ4v) is 3.29. The lowest BCUT2D eigenvalue weighted by molar-refractivity contribution is 0.0260. The number of benzene rings is 1. The van der Waals surface area contributed by atoms with E-state index in [-0.39, 0.29) is 30.4 Å². The number of nitrogens with zero attached hydrogens (tertiary/aromatic N) is 1. The molecular formula is C15H23Cl3N2O. The summed E-state index contributed by atoms with van der Waals surface area (Å²) in [5.41, 5.74) is 1.13. The molecule has 3 rings (SSSR count). The van der Waals surface area contributed by atoms with E-state index < -0.39 is 0 Å². The van der Waals surface area contributed by atoms with Gasteiger partial charge in [-0.05, 0) is 32.0 Å². The van der Waals surface area contributed by atoms with E-state index in [1.54, 1.807) is 0 Å². The predicted octanol–water partition coefficient (Wildman–Crippen LogP) is 3.69. The molecule has 0 amide bonds. The number of piperazine rings is 1. The minimum Gasteiger partial charge on any atom is -0.487 e. The van der Waals surface area contributed by atoms with Crippen molar-refractivity contribution in [1.29, 1.82) is 0 Å². The molecule has 21 heavy (non-hydrogen) atoms. The van der Waals surface area contributed by atoms with Gasteiger partial charge in [-0.15, -0.1) is 24.8 Å². The molecule has 6 heteroatoms. The molecule has 2 heterocycles. The predicted molar refractivity (Wildman–Crippen MR) is 92.5 cm³/mol. The quantitative estimate of drug-likeness (QED) is 0.833. The highest BCUT2D eigenvalue weighted by atomic mass is 35.5. The van der Waals surface area contributed by atoms with Crippen LogP contribution in [0.15, 0.2) is 18.2 Å². The topological polar surface area (TPSA) is 24.5 Å². The number of rotatable bonds is 1. The van der Waals surface area contributed by atoms with Crippen LogP contribution in [0.3, 0.4) is 0 Å². The lowest BCUT2D eigenvalue weighted by Crippen LogP contribution is -2.48. The zero-order valence-corrected chi connectivity index (χ0v) is 14.8. The zero-order chi connectivity index (χ0) is 13.5. The van der Waals surface area contributed by atoms with Gasteiger partial charge in [0.25, 0.3) is 0 Å². The van der Waals surface area contributed by atoms with Crippen molar-refractivity contribution in [1.82, 2.24) is 10.2 Å². The number of fused-ring (bicyclic) bond motifs is 1. The van der Waals surface area contributed by atoms with Gasteiger partial charge in [0.2, 0.25) is 0 Å². The summed E-state index contributed by atoms with van der Waals surface area (Å²) in [4.78, 5) is 2.55. The maximum atomic E-state index is 6.17. The van der Waals surface area contributed by atoms with Crippen LogP contribution >= 0.6 is 36.4 Å². The molecule has 3 nitrogen and oxygen atoms in total. The normalized spacial score (nSPS) is 24.0. The Kier molecular flexibility index (Phi) is 6.63. The first-order valence-electron chi connectivity index (χ1n) is 6.98. The Balaban J connectivity index is 0.00000110. The van der Waals surface area contributed by atoms with Gasteiger partial charge in [-0.2, -0.15) is 0 Å². The molecule has 1 saturated heterocycles. The largest absolute Gasteiger partial charge is 0.487 e. The fraction of sp³-hybridized carbons (Fsp3) is 0.600. The van der Waals surface area contributed by atoms with Crippen LogP contribution in [-0.2, 0) is 0 Å². The summed E-state index contributed by atoms with van der Waals surface area (Å²) in [6.45, 7) is 8.64. The first-order chi connectivity index (χ1) is 9.05. The van der Waals surface area contributed by atoms with E-state index in [4.69, 9.17) is 16.3 Å². The van der Waals surface area contributed by atoms with E-state index in [1.165, 1.54) is 5.56 Å². The van der Waals surface area contributed by atoms with Gasteiger partial charge < -0.3 is 10.1 Å². The van der Waals surface area contributed by atoms with Crippen molar-refractivity contribution in [2.75, 3.05) is 26.2 Å². The average Bonchev–Trinajstić information content (AvgIpc) is 2.39. The van der Waals surface area contributed by atoms with Gasteiger partial charge in [-0.25, -0.2) is 0 Å². The van der Waals surface area contributed by atoms with Crippen molar-refractivity contribution >= 4 is 36.4 Å². The van der Waals surface area contributed by atoms with Crippen LogP contribution in [0.2, 0.25) is 5.02 Å². The highest BCUT2D eigenvalue weighted by molar-refractivity contribution is 6.30. The Morgan fingerprint density at radius 1 is 1.24 bits per heavy atom. The summed E-state index contributed by atoms with van der Waals surface area (Å²) < 4.78 is 6.09. The molecule has 0 aromatic heterocycles. The summed E-state index contributed by atoms with van der Waals surface area (Å²) in [7, 11) is 0. The average molecular weight is 354 g/mol. The molecule has 2 aliphatic heterocycles. The van der Waals surface area contributed by atoms with Crippen LogP contribution in [0, 0.1) is 0 Å². The lowest BCUT2D eigenvalue weighted by atomic mass is 9.88. The Morgan fingerprint density at radius 2 is 1.90 bits per heavy atom. The van der Waals surface area contributed by atoms with Crippen LogP contribution in [0.1, 0.15) is 31.9 Å². The van der Waals surface area contributed by atoms with Crippen LogP contribution in [-0.4, -0.2) is 36.7 Å². The number of nitrogens with one attached hydrogen (secondary N) is 1. The maximum absolute atomic E-state index is 6.17. The Morgan fingerprint density at radius 3 is 2.57 bits per heavy atom. The Labute approximate surface area is 144 Å². The molecule has 0 aliphatic carbocycles. The van der Waals surface area contributed by atoms with E-state index in [1.807, 2.05) is 12.1 Å². The van der Waals surface area contributed by atoms with Gasteiger partial charge in [0.15, 0.2) is 0 Å². The summed E-state index contributed by atoms with van der Waals surface area (Å²) in [6.07, 6.45) is 1.01. The molecule has 1 fully saturated rings. The molecule has 1 aromatic carbocycles. The molecular weight excluding hydrogens is 331 g/mol. The first-order valence-corrected chi connectivity index (χ1v) is 7.36. The monoisotopic (exact) mass is 352 g/mol.